The van der Waals surface area contributed by atoms with Crippen molar-refractivity contribution in [3.63, 3.8) is 0 Å². The van der Waals surface area contributed by atoms with Crippen molar-refractivity contribution in [1.29, 1.82) is 0 Å². The lowest BCUT2D eigenvalue weighted by atomic mass is 10.1. The predicted molar refractivity (Wildman–Crippen MR) is 97.0 cm³/mol. The molecule has 0 saturated heterocycles. The highest BCUT2D eigenvalue weighted by atomic mass is 79.9. The van der Waals surface area contributed by atoms with E-state index in [4.69, 9.17) is 21.1 Å². The first-order valence-electron chi connectivity index (χ1n) is 7.72. The van der Waals surface area contributed by atoms with Gasteiger partial charge in [-0.05, 0) is 31.2 Å². The summed E-state index contributed by atoms with van der Waals surface area (Å²) in [5, 5.41) is 0.441. The Morgan fingerprint density at radius 3 is 2.83 bits per heavy atom. The minimum Gasteiger partial charge on any atom is -0.486 e. The van der Waals surface area contributed by atoms with Gasteiger partial charge in [-0.25, -0.2) is 0 Å². The lowest BCUT2D eigenvalue weighted by molar-refractivity contribution is 0.0749. The Labute approximate surface area is 154 Å². The molecule has 3 rings (SSSR count). The van der Waals surface area contributed by atoms with Crippen LogP contribution < -0.4 is 9.47 Å². The summed E-state index contributed by atoms with van der Waals surface area (Å²) in [7, 11) is 0. The summed E-state index contributed by atoms with van der Waals surface area (Å²) in [5.74, 6) is 1.33. The van der Waals surface area contributed by atoms with E-state index in [1.807, 2.05) is 31.2 Å². The molecule has 6 heteroatoms. The Morgan fingerprint density at radius 1 is 1.25 bits per heavy atom. The molecule has 0 aliphatic carbocycles. The van der Waals surface area contributed by atoms with Gasteiger partial charge >= 0.3 is 0 Å². The van der Waals surface area contributed by atoms with Crippen LogP contribution in [0.5, 0.6) is 11.5 Å². The zero-order valence-corrected chi connectivity index (χ0v) is 15.6. The van der Waals surface area contributed by atoms with Gasteiger partial charge in [0.05, 0.1) is 10.6 Å². The summed E-state index contributed by atoms with van der Waals surface area (Å²) in [6.45, 7) is 4.00. The second kappa shape index (κ2) is 7.45. The summed E-state index contributed by atoms with van der Waals surface area (Å²) in [6, 6.07) is 11.0. The maximum absolute atomic E-state index is 12.9. The van der Waals surface area contributed by atoms with Crippen molar-refractivity contribution in [2.75, 3.05) is 19.8 Å². The number of nitrogens with zero attached hydrogens (tertiary/aromatic N) is 1. The molecule has 0 atom stereocenters. The molecular formula is C18H17BrClNO3. The number of ether oxygens (including phenoxy) is 2. The molecule has 0 spiro atoms. The smallest absolute Gasteiger partial charge is 0.255 e. The van der Waals surface area contributed by atoms with E-state index < -0.39 is 0 Å². The number of hydrogen-bond acceptors (Lipinski definition) is 3. The second-order valence-electron chi connectivity index (χ2n) is 5.38. The minimum atomic E-state index is -0.113. The van der Waals surface area contributed by atoms with E-state index in [1.165, 1.54) is 0 Å². The second-order valence-corrected chi connectivity index (χ2v) is 6.71. The van der Waals surface area contributed by atoms with Crippen LogP contribution in [0.3, 0.4) is 0 Å². The van der Waals surface area contributed by atoms with Crippen LogP contribution in [0.1, 0.15) is 22.8 Å². The first-order chi connectivity index (χ1) is 11.6. The number of halogens is 2. The maximum Gasteiger partial charge on any atom is 0.255 e. The van der Waals surface area contributed by atoms with Crippen LogP contribution in [0.25, 0.3) is 0 Å². The molecule has 1 aliphatic heterocycles. The molecule has 2 aromatic carbocycles. The molecule has 1 aliphatic rings. The largest absolute Gasteiger partial charge is 0.486 e. The zero-order valence-electron chi connectivity index (χ0n) is 13.2. The molecule has 0 saturated carbocycles. The number of rotatable bonds is 4. The number of carbonyl (C=O) groups excluding carboxylic acids is 1. The predicted octanol–water partition coefficient (Wildman–Crippen LogP) is 4.54. The fraction of sp³-hybridized carbons (Fsp3) is 0.278. The van der Waals surface area contributed by atoms with Gasteiger partial charge in [0.1, 0.15) is 13.2 Å². The van der Waals surface area contributed by atoms with Crippen LogP contribution >= 0.6 is 27.5 Å². The van der Waals surface area contributed by atoms with Crippen molar-refractivity contribution in [1.82, 2.24) is 4.90 Å². The monoisotopic (exact) mass is 409 g/mol. The Hall–Kier alpha value is -1.72. The van der Waals surface area contributed by atoms with Crippen molar-refractivity contribution in [2.24, 2.45) is 0 Å². The van der Waals surface area contributed by atoms with Gasteiger partial charge in [0.15, 0.2) is 11.5 Å². The number of benzene rings is 2. The van der Waals surface area contributed by atoms with E-state index >= 15 is 0 Å². The van der Waals surface area contributed by atoms with Crippen LogP contribution in [0.15, 0.2) is 40.9 Å². The van der Waals surface area contributed by atoms with Gasteiger partial charge in [-0.2, -0.15) is 0 Å². The molecule has 1 amide bonds. The first-order valence-corrected chi connectivity index (χ1v) is 8.89. The average Bonchev–Trinajstić information content (AvgIpc) is 2.61. The van der Waals surface area contributed by atoms with Gasteiger partial charge < -0.3 is 14.4 Å². The third kappa shape index (κ3) is 3.52. The lowest BCUT2D eigenvalue weighted by Gasteiger charge is -2.25. The molecule has 2 aromatic rings. The standard InChI is InChI=1S/C18H17BrClNO3/c1-2-21(18(22)14-10-13(19)6-7-15(14)20)11-12-4-3-5-16-17(12)24-9-8-23-16/h3-7,10H,2,8-9,11H2,1H3. The molecular weight excluding hydrogens is 394 g/mol. The van der Waals surface area contributed by atoms with Crippen molar-refractivity contribution < 1.29 is 14.3 Å². The van der Waals surface area contributed by atoms with Gasteiger partial charge in [-0.3, -0.25) is 4.79 Å². The highest BCUT2D eigenvalue weighted by molar-refractivity contribution is 9.10. The summed E-state index contributed by atoms with van der Waals surface area (Å²) in [4.78, 5) is 14.6. The molecule has 0 fully saturated rings. The normalized spacial score (nSPS) is 12.8. The molecule has 1 heterocycles. The molecule has 0 bridgehead atoms. The van der Waals surface area contributed by atoms with E-state index in [2.05, 4.69) is 15.9 Å². The van der Waals surface area contributed by atoms with E-state index in [9.17, 15) is 4.79 Å². The first kappa shape index (κ1) is 17.1. The molecule has 126 valence electrons. The van der Waals surface area contributed by atoms with Gasteiger partial charge in [0.2, 0.25) is 0 Å². The fourth-order valence-corrected chi connectivity index (χ4v) is 3.18. The van der Waals surface area contributed by atoms with Crippen LogP contribution in [-0.4, -0.2) is 30.6 Å². The maximum atomic E-state index is 12.9. The Morgan fingerprint density at radius 2 is 2.04 bits per heavy atom. The zero-order chi connectivity index (χ0) is 17.1. The molecule has 24 heavy (non-hydrogen) atoms. The fourth-order valence-electron chi connectivity index (χ4n) is 2.62. The average molecular weight is 411 g/mol. The number of amides is 1. The van der Waals surface area contributed by atoms with Crippen LogP contribution in [0.4, 0.5) is 0 Å². The third-order valence-electron chi connectivity index (χ3n) is 3.84. The van der Waals surface area contributed by atoms with E-state index in [0.717, 1.165) is 21.5 Å². The molecule has 0 aromatic heterocycles. The Bertz CT molecular complexity index is 766. The lowest BCUT2D eigenvalue weighted by Crippen LogP contribution is -2.31. The number of hydrogen-bond donors (Lipinski definition) is 0. The summed E-state index contributed by atoms with van der Waals surface area (Å²) >= 11 is 9.58. The molecule has 0 unspecified atom stereocenters. The Kier molecular flexibility index (Phi) is 5.31. The summed E-state index contributed by atoms with van der Waals surface area (Å²) in [6.07, 6.45) is 0. The molecule has 0 radical (unpaired) electrons. The van der Waals surface area contributed by atoms with Crippen LogP contribution in [0, 0.1) is 0 Å². The van der Waals surface area contributed by atoms with E-state index in [1.54, 1.807) is 17.0 Å². The van der Waals surface area contributed by atoms with Gasteiger partial charge in [0, 0.05) is 23.1 Å². The molecule has 4 nitrogen and oxygen atoms in total. The minimum absolute atomic E-state index is 0.113. The third-order valence-corrected chi connectivity index (χ3v) is 4.66. The van der Waals surface area contributed by atoms with Crippen molar-refractivity contribution in [2.45, 2.75) is 13.5 Å². The van der Waals surface area contributed by atoms with Gasteiger partial charge in [0.25, 0.3) is 5.91 Å². The quantitative estimate of drug-likeness (QED) is 0.743. The van der Waals surface area contributed by atoms with Crippen molar-refractivity contribution >= 4 is 33.4 Å². The van der Waals surface area contributed by atoms with E-state index in [0.29, 0.717) is 36.9 Å². The van der Waals surface area contributed by atoms with Gasteiger partial charge in [-0.1, -0.05) is 39.7 Å². The van der Waals surface area contributed by atoms with Crippen molar-refractivity contribution in [3.8, 4) is 11.5 Å². The van der Waals surface area contributed by atoms with Gasteiger partial charge in [-0.15, -0.1) is 0 Å². The van der Waals surface area contributed by atoms with Crippen molar-refractivity contribution in [3.05, 3.63) is 57.0 Å². The Balaban J connectivity index is 1.87. The van der Waals surface area contributed by atoms with Crippen LogP contribution in [0.2, 0.25) is 5.02 Å². The topological polar surface area (TPSA) is 38.8 Å². The highest BCUT2D eigenvalue weighted by Gasteiger charge is 2.22. The highest BCUT2D eigenvalue weighted by Crippen LogP contribution is 2.34. The number of fused-ring (bicyclic) bond motifs is 1. The number of para-hydroxylation sites is 1. The summed E-state index contributed by atoms with van der Waals surface area (Å²) in [5.41, 5.74) is 1.41. The van der Waals surface area contributed by atoms with Crippen LogP contribution in [-0.2, 0) is 6.54 Å². The SMILES string of the molecule is CCN(Cc1cccc2c1OCCO2)C(=O)c1cc(Br)ccc1Cl. The summed E-state index contributed by atoms with van der Waals surface area (Å²) < 4.78 is 12.2. The molecule has 0 N–H and O–H groups in total. The van der Waals surface area contributed by atoms with E-state index in [-0.39, 0.29) is 5.91 Å². The number of carbonyl (C=O) groups is 1.